The number of anilines is 1. The van der Waals surface area contributed by atoms with Crippen LogP contribution in [-0.4, -0.2) is 38.3 Å². The fraction of sp³-hybridized carbons (Fsp3) is 0.438. The number of nitrogens with zero attached hydrogens (tertiary/aromatic N) is 2. The average molecular weight is 369 g/mol. The summed E-state index contributed by atoms with van der Waals surface area (Å²) in [7, 11) is -3.15. The fourth-order valence-corrected chi connectivity index (χ4v) is 4.49. The number of aromatic nitrogens is 1. The van der Waals surface area contributed by atoms with Crippen molar-refractivity contribution in [2.75, 3.05) is 23.7 Å². The van der Waals surface area contributed by atoms with Gasteiger partial charge >= 0.3 is 0 Å². The molecule has 1 aliphatic heterocycles. The van der Waals surface area contributed by atoms with Crippen molar-refractivity contribution in [2.24, 2.45) is 0 Å². The van der Waals surface area contributed by atoms with Crippen LogP contribution in [0.2, 0.25) is 0 Å². The van der Waals surface area contributed by atoms with Crippen LogP contribution in [0, 0.1) is 5.82 Å². The highest BCUT2D eigenvalue weighted by molar-refractivity contribution is 7.89. The largest absolute Gasteiger partial charge is 0.348 e. The highest BCUT2D eigenvalue weighted by Crippen LogP contribution is 2.29. The lowest BCUT2D eigenvalue weighted by atomic mass is 10.1. The molecule has 0 saturated carbocycles. The van der Waals surface area contributed by atoms with Crippen molar-refractivity contribution in [3.05, 3.63) is 35.5 Å². The molecule has 0 unspecified atom stereocenters. The molecule has 0 bridgehead atoms. The number of rotatable bonds is 5. The molecular formula is C16H20FN3O2S2. The van der Waals surface area contributed by atoms with E-state index in [9.17, 15) is 12.8 Å². The molecule has 0 spiro atoms. The van der Waals surface area contributed by atoms with Gasteiger partial charge in [-0.05, 0) is 44.0 Å². The minimum absolute atomic E-state index is 0.00253. The zero-order valence-electron chi connectivity index (χ0n) is 13.4. The Labute approximate surface area is 145 Å². The number of benzene rings is 1. The summed E-state index contributed by atoms with van der Waals surface area (Å²) in [5, 5.41) is 2.89. The van der Waals surface area contributed by atoms with Crippen LogP contribution in [0.4, 0.5) is 9.52 Å². The maximum atomic E-state index is 13.0. The van der Waals surface area contributed by atoms with Crippen molar-refractivity contribution in [3.63, 3.8) is 0 Å². The van der Waals surface area contributed by atoms with Gasteiger partial charge in [0, 0.05) is 30.1 Å². The third kappa shape index (κ3) is 4.12. The third-order valence-corrected chi connectivity index (χ3v) is 6.48. The number of sulfonamides is 1. The van der Waals surface area contributed by atoms with Gasteiger partial charge in [-0.3, -0.25) is 0 Å². The highest BCUT2D eigenvalue weighted by atomic mass is 32.2. The lowest BCUT2D eigenvalue weighted by Crippen LogP contribution is -2.45. The Morgan fingerprint density at radius 1 is 1.29 bits per heavy atom. The molecule has 0 radical (unpaired) electrons. The first-order chi connectivity index (χ1) is 11.5. The molecule has 0 aliphatic carbocycles. The van der Waals surface area contributed by atoms with Gasteiger partial charge in [-0.2, -0.15) is 0 Å². The quantitative estimate of drug-likeness (QED) is 0.880. The molecule has 2 aromatic rings. The minimum atomic E-state index is -3.15. The zero-order chi connectivity index (χ0) is 17.2. The average Bonchev–Trinajstić information content (AvgIpc) is 3.06. The van der Waals surface area contributed by atoms with Gasteiger partial charge in [-0.15, -0.1) is 11.3 Å². The molecule has 2 heterocycles. The van der Waals surface area contributed by atoms with E-state index in [4.69, 9.17) is 0 Å². The number of thiazole rings is 1. The van der Waals surface area contributed by atoms with Crippen molar-refractivity contribution in [1.29, 1.82) is 0 Å². The molecule has 1 N–H and O–H groups in total. The van der Waals surface area contributed by atoms with Gasteiger partial charge in [0.25, 0.3) is 0 Å². The second-order valence-electron chi connectivity index (χ2n) is 5.80. The van der Waals surface area contributed by atoms with Gasteiger partial charge < -0.3 is 4.90 Å². The van der Waals surface area contributed by atoms with E-state index in [2.05, 4.69) is 14.6 Å². The van der Waals surface area contributed by atoms with Gasteiger partial charge in [0.15, 0.2) is 5.13 Å². The summed E-state index contributed by atoms with van der Waals surface area (Å²) in [6, 6.07) is 6.31. The Morgan fingerprint density at radius 3 is 2.58 bits per heavy atom. The van der Waals surface area contributed by atoms with E-state index in [1.165, 1.54) is 12.1 Å². The fourth-order valence-electron chi connectivity index (χ4n) is 2.69. The van der Waals surface area contributed by atoms with Crippen LogP contribution in [0.25, 0.3) is 11.3 Å². The molecule has 24 heavy (non-hydrogen) atoms. The molecule has 0 atom stereocenters. The summed E-state index contributed by atoms with van der Waals surface area (Å²) in [4.78, 5) is 6.81. The minimum Gasteiger partial charge on any atom is -0.348 e. The van der Waals surface area contributed by atoms with E-state index >= 15 is 0 Å². The Morgan fingerprint density at radius 2 is 1.96 bits per heavy atom. The van der Waals surface area contributed by atoms with Crippen LogP contribution in [0.3, 0.4) is 0 Å². The monoisotopic (exact) mass is 369 g/mol. The van der Waals surface area contributed by atoms with E-state index in [-0.39, 0.29) is 17.6 Å². The standard InChI is InChI=1S/C16H20FN3O2S2/c1-2-24(21,22)19-14-7-9-20(10-8-14)16-18-15(11-23-16)12-3-5-13(17)6-4-12/h3-6,11,14,19H,2,7-10H2,1H3. The van der Waals surface area contributed by atoms with Crippen molar-refractivity contribution >= 4 is 26.5 Å². The summed E-state index contributed by atoms with van der Waals surface area (Å²) >= 11 is 1.56. The Hall–Kier alpha value is -1.51. The zero-order valence-corrected chi connectivity index (χ0v) is 15.0. The molecular weight excluding hydrogens is 349 g/mol. The van der Waals surface area contributed by atoms with E-state index in [1.54, 1.807) is 30.4 Å². The molecule has 1 aromatic heterocycles. The van der Waals surface area contributed by atoms with Gasteiger partial charge in [0.2, 0.25) is 10.0 Å². The van der Waals surface area contributed by atoms with Crippen molar-refractivity contribution in [2.45, 2.75) is 25.8 Å². The summed E-state index contributed by atoms with van der Waals surface area (Å²) < 4.78 is 39.0. The lowest BCUT2D eigenvalue weighted by Gasteiger charge is -2.31. The number of piperidine rings is 1. The number of halogens is 1. The smallest absolute Gasteiger partial charge is 0.211 e. The maximum absolute atomic E-state index is 13.0. The second kappa shape index (κ2) is 7.16. The Kier molecular flexibility index (Phi) is 5.17. The first kappa shape index (κ1) is 17.3. The molecule has 1 saturated heterocycles. The Balaban J connectivity index is 1.62. The SMILES string of the molecule is CCS(=O)(=O)NC1CCN(c2nc(-c3ccc(F)cc3)cs2)CC1. The van der Waals surface area contributed by atoms with Gasteiger partial charge in [-0.1, -0.05) is 0 Å². The normalized spacial score (nSPS) is 16.5. The number of nitrogens with one attached hydrogen (secondary N) is 1. The second-order valence-corrected chi connectivity index (χ2v) is 8.68. The first-order valence-corrected chi connectivity index (χ1v) is 10.5. The summed E-state index contributed by atoms with van der Waals surface area (Å²) in [5.41, 5.74) is 1.73. The van der Waals surface area contributed by atoms with Crippen LogP contribution in [0.15, 0.2) is 29.6 Å². The molecule has 3 rings (SSSR count). The van der Waals surface area contributed by atoms with Crippen LogP contribution < -0.4 is 9.62 Å². The van der Waals surface area contributed by atoms with E-state index in [0.717, 1.165) is 42.3 Å². The van der Waals surface area contributed by atoms with Crippen LogP contribution in [0.1, 0.15) is 19.8 Å². The molecule has 1 aliphatic rings. The Bertz CT molecular complexity index is 782. The number of hydrogen-bond acceptors (Lipinski definition) is 5. The third-order valence-electron chi connectivity index (χ3n) is 4.12. The summed E-state index contributed by atoms with van der Waals surface area (Å²) in [6.07, 6.45) is 1.54. The van der Waals surface area contributed by atoms with Crippen molar-refractivity contribution in [1.82, 2.24) is 9.71 Å². The molecule has 130 valence electrons. The summed E-state index contributed by atoms with van der Waals surface area (Å²) in [5.74, 6) is -0.147. The van der Waals surface area contributed by atoms with E-state index < -0.39 is 10.0 Å². The van der Waals surface area contributed by atoms with Gasteiger partial charge in [0.05, 0.1) is 11.4 Å². The van der Waals surface area contributed by atoms with E-state index in [0.29, 0.717) is 0 Å². The van der Waals surface area contributed by atoms with Gasteiger partial charge in [-0.25, -0.2) is 22.5 Å². The number of hydrogen-bond donors (Lipinski definition) is 1. The first-order valence-electron chi connectivity index (χ1n) is 7.93. The van der Waals surface area contributed by atoms with Gasteiger partial charge in [0.1, 0.15) is 5.82 Å². The highest BCUT2D eigenvalue weighted by Gasteiger charge is 2.24. The lowest BCUT2D eigenvalue weighted by molar-refractivity contribution is 0.460. The predicted molar refractivity (Wildman–Crippen MR) is 95.3 cm³/mol. The van der Waals surface area contributed by atoms with Crippen LogP contribution in [0.5, 0.6) is 0 Å². The maximum Gasteiger partial charge on any atom is 0.211 e. The molecule has 8 heteroatoms. The van der Waals surface area contributed by atoms with Crippen molar-refractivity contribution < 1.29 is 12.8 Å². The molecule has 1 fully saturated rings. The topological polar surface area (TPSA) is 62.3 Å². The van der Waals surface area contributed by atoms with Crippen LogP contribution >= 0.6 is 11.3 Å². The molecule has 5 nitrogen and oxygen atoms in total. The molecule has 0 amide bonds. The van der Waals surface area contributed by atoms with Crippen molar-refractivity contribution in [3.8, 4) is 11.3 Å². The summed E-state index contributed by atoms with van der Waals surface area (Å²) in [6.45, 7) is 3.19. The van der Waals surface area contributed by atoms with E-state index in [1.807, 2.05) is 5.38 Å². The molecule has 1 aromatic carbocycles. The predicted octanol–water partition coefficient (Wildman–Crippen LogP) is 2.86. The van der Waals surface area contributed by atoms with Crippen LogP contribution in [-0.2, 0) is 10.0 Å².